The quantitative estimate of drug-likeness (QED) is 0.897. The van der Waals surface area contributed by atoms with Crippen molar-refractivity contribution < 1.29 is 4.79 Å². The lowest BCUT2D eigenvalue weighted by Crippen LogP contribution is -2.58. The molecule has 1 aliphatic rings. The van der Waals surface area contributed by atoms with Gasteiger partial charge in [0.05, 0.1) is 12.0 Å². The molecule has 1 fully saturated rings. The van der Waals surface area contributed by atoms with E-state index in [0.29, 0.717) is 6.04 Å². The van der Waals surface area contributed by atoms with Gasteiger partial charge >= 0.3 is 0 Å². The largest absolute Gasteiger partial charge is 0.340 e. The summed E-state index contributed by atoms with van der Waals surface area (Å²) in [4.78, 5) is 15.1. The van der Waals surface area contributed by atoms with Crippen molar-refractivity contribution in [3.8, 4) is 0 Å². The molecule has 16 heavy (non-hydrogen) atoms. The topological polar surface area (TPSA) is 32.3 Å². The fourth-order valence-corrected chi connectivity index (χ4v) is 2.47. The summed E-state index contributed by atoms with van der Waals surface area (Å²) >= 11 is 1.65. The van der Waals surface area contributed by atoms with Crippen molar-refractivity contribution in [3.63, 3.8) is 0 Å². The van der Waals surface area contributed by atoms with Crippen molar-refractivity contribution >= 4 is 29.7 Å². The molecule has 1 unspecified atom stereocenters. The number of rotatable bonds is 3. The number of halogens is 1. The number of amides is 1. The lowest BCUT2D eigenvalue weighted by atomic mass is 10.1. The van der Waals surface area contributed by atoms with Gasteiger partial charge in [0.1, 0.15) is 0 Å². The summed E-state index contributed by atoms with van der Waals surface area (Å²) in [6.07, 6.45) is 0. The maximum absolute atomic E-state index is 12.1. The number of thiophene rings is 1. The Hall–Kier alpha value is -0.580. The zero-order chi connectivity index (χ0) is 10.8. The third kappa shape index (κ3) is 2.56. The Bertz CT molecular complexity index is 338. The van der Waals surface area contributed by atoms with E-state index >= 15 is 0 Å². The van der Waals surface area contributed by atoms with Gasteiger partial charge in [-0.2, -0.15) is 0 Å². The predicted molar refractivity (Wildman–Crippen MR) is 69.4 cm³/mol. The predicted octanol–water partition coefficient (Wildman–Crippen LogP) is 1.70. The lowest BCUT2D eigenvalue weighted by molar-refractivity contribution is -0.134. The molecule has 1 amide bonds. The van der Waals surface area contributed by atoms with Crippen molar-refractivity contribution in [2.45, 2.75) is 18.9 Å². The molecule has 0 spiro atoms. The van der Waals surface area contributed by atoms with Gasteiger partial charge in [-0.1, -0.05) is 6.07 Å². The van der Waals surface area contributed by atoms with Gasteiger partial charge in [0.2, 0.25) is 5.91 Å². The molecule has 1 saturated heterocycles. The van der Waals surface area contributed by atoms with Gasteiger partial charge in [-0.3, -0.25) is 4.79 Å². The average Bonchev–Trinajstić information content (AvgIpc) is 2.65. The monoisotopic (exact) mass is 260 g/mol. The Morgan fingerprint density at radius 2 is 2.31 bits per heavy atom. The minimum atomic E-state index is -0.00407. The maximum Gasteiger partial charge on any atom is 0.230 e. The highest BCUT2D eigenvalue weighted by Gasteiger charge is 2.28. The van der Waals surface area contributed by atoms with Gasteiger partial charge in [0.15, 0.2) is 0 Å². The minimum Gasteiger partial charge on any atom is -0.340 e. The first-order chi connectivity index (χ1) is 7.20. The highest BCUT2D eigenvalue weighted by molar-refractivity contribution is 7.10. The summed E-state index contributed by atoms with van der Waals surface area (Å²) in [6.45, 7) is 3.84. The van der Waals surface area contributed by atoms with Crippen LogP contribution in [0.4, 0.5) is 0 Å². The van der Waals surface area contributed by atoms with Gasteiger partial charge in [0, 0.05) is 25.0 Å². The van der Waals surface area contributed by atoms with Crippen LogP contribution in [0.25, 0.3) is 0 Å². The molecule has 0 aliphatic carbocycles. The van der Waals surface area contributed by atoms with Crippen LogP contribution in [0.1, 0.15) is 17.7 Å². The number of carbonyl (C=O) groups excluding carboxylic acids is 1. The number of hydrogen-bond acceptors (Lipinski definition) is 3. The van der Waals surface area contributed by atoms with Gasteiger partial charge in [-0.25, -0.2) is 0 Å². The Kier molecular flexibility index (Phi) is 4.77. The number of hydrogen-bond donors (Lipinski definition) is 1. The van der Waals surface area contributed by atoms with Crippen LogP contribution >= 0.6 is 23.7 Å². The summed E-state index contributed by atoms with van der Waals surface area (Å²) < 4.78 is 0. The smallest absolute Gasteiger partial charge is 0.230 e. The second kappa shape index (κ2) is 5.66. The van der Waals surface area contributed by atoms with Crippen LogP contribution in [0.2, 0.25) is 0 Å². The van der Waals surface area contributed by atoms with Crippen molar-refractivity contribution in [1.82, 2.24) is 10.2 Å². The molecule has 3 nitrogen and oxygen atoms in total. The molecule has 90 valence electrons. The molecule has 1 N–H and O–H groups in total. The molecule has 2 rings (SSSR count). The first-order valence-electron chi connectivity index (χ1n) is 5.21. The number of likely N-dealkylation sites (N-methyl/N-ethyl adjacent to an activating group) is 1. The number of nitrogens with zero attached hydrogens (tertiary/aromatic N) is 1. The van der Waals surface area contributed by atoms with E-state index in [2.05, 4.69) is 5.32 Å². The van der Waals surface area contributed by atoms with Crippen molar-refractivity contribution in [3.05, 3.63) is 22.4 Å². The van der Waals surface area contributed by atoms with E-state index in [0.717, 1.165) is 18.0 Å². The van der Waals surface area contributed by atoms with Crippen molar-refractivity contribution in [2.75, 3.05) is 20.1 Å². The van der Waals surface area contributed by atoms with E-state index in [-0.39, 0.29) is 24.2 Å². The van der Waals surface area contributed by atoms with E-state index in [1.54, 1.807) is 11.3 Å². The van der Waals surface area contributed by atoms with Crippen LogP contribution in [-0.4, -0.2) is 37.0 Å². The molecule has 2 heterocycles. The minimum absolute atomic E-state index is 0. The standard InChI is InChI=1S/C11H16N2OS.ClH/c1-8(10-4-3-5-15-10)11(14)13(2)9-6-12-7-9;/h3-5,8-9,12H,6-7H2,1-2H3;1H. The lowest BCUT2D eigenvalue weighted by Gasteiger charge is -2.36. The first kappa shape index (κ1) is 13.5. The van der Waals surface area contributed by atoms with Crippen LogP contribution in [0, 0.1) is 0 Å². The van der Waals surface area contributed by atoms with Crippen molar-refractivity contribution in [2.24, 2.45) is 0 Å². The molecule has 0 aromatic carbocycles. The number of carbonyl (C=O) groups is 1. The van der Waals surface area contributed by atoms with Gasteiger partial charge in [0.25, 0.3) is 0 Å². The normalized spacial score (nSPS) is 17.1. The molecular formula is C11H17ClN2OS. The summed E-state index contributed by atoms with van der Waals surface area (Å²) in [6, 6.07) is 4.41. The fraction of sp³-hybridized carbons (Fsp3) is 0.545. The van der Waals surface area contributed by atoms with Crippen molar-refractivity contribution in [1.29, 1.82) is 0 Å². The van der Waals surface area contributed by atoms with Crippen LogP contribution in [0.3, 0.4) is 0 Å². The van der Waals surface area contributed by atoms with Crippen LogP contribution in [0.5, 0.6) is 0 Å². The van der Waals surface area contributed by atoms with Crippen LogP contribution in [-0.2, 0) is 4.79 Å². The van der Waals surface area contributed by atoms with Gasteiger partial charge < -0.3 is 10.2 Å². The zero-order valence-corrected chi connectivity index (χ0v) is 11.1. The molecule has 1 aliphatic heterocycles. The molecular weight excluding hydrogens is 244 g/mol. The summed E-state index contributed by atoms with van der Waals surface area (Å²) in [7, 11) is 1.90. The second-order valence-corrected chi connectivity index (χ2v) is 4.98. The van der Waals surface area contributed by atoms with Crippen LogP contribution < -0.4 is 5.32 Å². The summed E-state index contributed by atoms with van der Waals surface area (Å²) in [5.41, 5.74) is 0. The molecule has 0 radical (unpaired) electrons. The summed E-state index contributed by atoms with van der Waals surface area (Å²) in [5.74, 6) is 0.222. The Morgan fingerprint density at radius 1 is 1.62 bits per heavy atom. The molecule has 1 aromatic heterocycles. The van der Waals surface area contributed by atoms with E-state index < -0.39 is 0 Å². The zero-order valence-electron chi connectivity index (χ0n) is 9.47. The highest BCUT2D eigenvalue weighted by atomic mass is 35.5. The maximum atomic E-state index is 12.1. The Morgan fingerprint density at radius 3 is 2.75 bits per heavy atom. The molecule has 0 bridgehead atoms. The van der Waals surface area contributed by atoms with E-state index in [4.69, 9.17) is 0 Å². The molecule has 1 atom stereocenters. The fourth-order valence-electron chi connectivity index (χ4n) is 1.69. The van der Waals surface area contributed by atoms with Crippen LogP contribution in [0.15, 0.2) is 17.5 Å². The Labute approximate surface area is 106 Å². The van der Waals surface area contributed by atoms with E-state index in [1.807, 2.05) is 36.4 Å². The SMILES string of the molecule is CC(C(=O)N(C)C1CNC1)c1cccs1.Cl. The molecule has 1 aromatic rings. The van der Waals surface area contributed by atoms with E-state index in [9.17, 15) is 4.79 Å². The molecule has 5 heteroatoms. The highest BCUT2D eigenvalue weighted by Crippen LogP contribution is 2.23. The first-order valence-corrected chi connectivity index (χ1v) is 6.09. The average molecular weight is 261 g/mol. The van der Waals surface area contributed by atoms with E-state index in [1.165, 1.54) is 0 Å². The van der Waals surface area contributed by atoms with Gasteiger partial charge in [-0.15, -0.1) is 23.7 Å². The molecule has 0 saturated carbocycles. The number of nitrogens with one attached hydrogen (secondary N) is 1. The Balaban J connectivity index is 0.00000128. The summed E-state index contributed by atoms with van der Waals surface area (Å²) in [5, 5.41) is 5.20. The van der Waals surface area contributed by atoms with Gasteiger partial charge in [-0.05, 0) is 18.4 Å². The second-order valence-electron chi connectivity index (χ2n) is 4.00. The third-order valence-electron chi connectivity index (χ3n) is 3.00. The third-order valence-corrected chi connectivity index (χ3v) is 4.05.